The Bertz CT molecular complexity index is 823. The van der Waals surface area contributed by atoms with Gasteiger partial charge in [0, 0.05) is 18.4 Å². The first-order valence-corrected chi connectivity index (χ1v) is 7.16. The second-order valence-electron chi connectivity index (χ2n) is 5.33. The molecule has 2 aromatic carbocycles. The molecule has 0 saturated carbocycles. The highest BCUT2D eigenvalue weighted by molar-refractivity contribution is 6.27. The van der Waals surface area contributed by atoms with Crippen LogP contribution in [0.4, 0.5) is 5.69 Å². The Kier molecular flexibility index (Phi) is 2.82. The van der Waals surface area contributed by atoms with Crippen LogP contribution >= 0.6 is 0 Å². The predicted octanol–water partition coefficient (Wildman–Crippen LogP) is 2.73. The first-order chi connectivity index (χ1) is 10.7. The molecule has 0 amide bonds. The van der Waals surface area contributed by atoms with Crippen LogP contribution < -0.4 is 9.64 Å². The maximum Gasteiger partial charge on any atom is 0.349 e. The summed E-state index contributed by atoms with van der Waals surface area (Å²) in [6.45, 7) is 0.755. The fourth-order valence-electron chi connectivity index (χ4n) is 2.90. The molecule has 4 rings (SSSR count). The van der Waals surface area contributed by atoms with Gasteiger partial charge in [-0.25, -0.2) is 4.79 Å². The molecule has 4 nitrogen and oxygen atoms in total. The molecule has 2 aliphatic heterocycles. The van der Waals surface area contributed by atoms with E-state index in [9.17, 15) is 9.59 Å². The molecule has 0 N–H and O–H groups in total. The smallest absolute Gasteiger partial charge is 0.349 e. The van der Waals surface area contributed by atoms with Crippen LogP contribution in [0.15, 0.2) is 60.3 Å². The molecule has 0 bridgehead atoms. The van der Waals surface area contributed by atoms with E-state index in [-0.39, 0.29) is 11.4 Å². The average Bonchev–Trinajstić information content (AvgIpc) is 2.95. The van der Waals surface area contributed by atoms with Gasteiger partial charge in [-0.05, 0) is 30.2 Å². The van der Waals surface area contributed by atoms with E-state index >= 15 is 0 Å². The van der Waals surface area contributed by atoms with Crippen molar-refractivity contribution in [2.24, 2.45) is 0 Å². The normalized spacial score (nSPS) is 18.2. The fraction of sp³-hybridized carbons (Fsp3) is 0.111. The number of carbonyl (C=O) groups excluding carboxylic acids is 2. The molecule has 0 aliphatic carbocycles. The van der Waals surface area contributed by atoms with Crippen LogP contribution in [0.1, 0.15) is 15.9 Å². The second kappa shape index (κ2) is 4.84. The van der Waals surface area contributed by atoms with Crippen molar-refractivity contribution in [1.29, 1.82) is 0 Å². The number of para-hydroxylation sites is 2. The van der Waals surface area contributed by atoms with Gasteiger partial charge in [-0.15, -0.1) is 0 Å². The van der Waals surface area contributed by atoms with E-state index in [4.69, 9.17) is 4.74 Å². The molecule has 0 atom stereocenters. The van der Waals surface area contributed by atoms with Crippen molar-refractivity contribution in [3.05, 3.63) is 71.4 Å². The summed E-state index contributed by atoms with van der Waals surface area (Å²) in [5, 5.41) is 0. The van der Waals surface area contributed by atoms with Gasteiger partial charge in [0.15, 0.2) is 0 Å². The molecule has 0 saturated heterocycles. The number of nitrogens with zero attached hydrogens (tertiary/aromatic N) is 1. The van der Waals surface area contributed by atoms with Crippen LogP contribution in [-0.2, 0) is 11.2 Å². The van der Waals surface area contributed by atoms with Crippen molar-refractivity contribution in [2.45, 2.75) is 6.42 Å². The number of rotatable bonds is 1. The SMILES string of the molecule is O=C1Oc2ccccc2C(=O)C1=CN1CCc2ccccc21. The van der Waals surface area contributed by atoms with Gasteiger partial charge >= 0.3 is 5.97 Å². The Labute approximate surface area is 127 Å². The maximum atomic E-state index is 12.5. The van der Waals surface area contributed by atoms with Crippen LogP contribution in [0, 0.1) is 0 Å². The minimum Gasteiger partial charge on any atom is -0.422 e. The zero-order valence-electron chi connectivity index (χ0n) is 11.8. The molecule has 2 aliphatic rings. The minimum absolute atomic E-state index is 0.0791. The third-order valence-electron chi connectivity index (χ3n) is 4.01. The highest BCUT2D eigenvalue weighted by atomic mass is 16.5. The molecule has 0 radical (unpaired) electrons. The first-order valence-electron chi connectivity index (χ1n) is 7.16. The van der Waals surface area contributed by atoms with E-state index in [2.05, 4.69) is 6.07 Å². The quantitative estimate of drug-likeness (QED) is 0.351. The minimum atomic E-state index is -0.590. The van der Waals surface area contributed by atoms with E-state index < -0.39 is 5.97 Å². The molecule has 108 valence electrons. The van der Waals surface area contributed by atoms with Crippen molar-refractivity contribution in [3.63, 3.8) is 0 Å². The Balaban J connectivity index is 1.75. The average molecular weight is 291 g/mol. The lowest BCUT2D eigenvalue weighted by Crippen LogP contribution is -2.28. The van der Waals surface area contributed by atoms with Crippen molar-refractivity contribution >= 4 is 17.4 Å². The third kappa shape index (κ3) is 1.92. The van der Waals surface area contributed by atoms with Gasteiger partial charge in [0.1, 0.15) is 11.3 Å². The fourth-order valence-corrected chi connectivity index (χ4v) is 2.90. The zero-order chi connectivity index (χ0) is 15.1. The topological polar surface area (TPSA) is 46.6 Å². The number of fused-ring (bicyclic) bond motifs is 2. The summed E-state index contributed by atoms with van der Waals surface area (Å²) in [6.07, 6.45) is 2.52. The Morgan fingerprint density at radius 3 is 2.68 bits per heavy atom. The number of hydrogen-bond acceptors (Lipinski definition) is 4. The molecular weight excluding hydrogens is 278 g/mol. The molecule has 0 fully saturated rings. The summed E-state index contributed by atoms with van der Waals surface area (Å²) < 4.78 is 5.26. The van der Waals surface area contributed by atoms with Crippen LogP contribution in [0.2, 0.25) is 0 Å². The highest BCUT2D eigenvalue weighted by Crippen LogP contribution is 2.31. The molecule has 0 aromatic heterocycles. The molecule has 0 unspecified atom stereocenters. The number of Topliss-reactive ketones (excluding diaryl/α,β-unsaturated/α-hetero) is 1. The molecule has 0 spiro atoms. The van der Waals surface area contributed by atoms with Gasteiger partial charge in [0.05, 0.1) is 5.56 Å². The molecule has 2 aromatic rings. The summed E-state index contributed by atoms with van der Waals surface area (Å²) in [4.78, 5) is 26.6. The van der Waals surface area contributed by atoms with Gasteiger partial charge in [-0.2, -0.15) is 0 Å². The van der Waals surface area contributed by atoms with Crippen LogP contribution in [0.3, 0.4) is 0 Å². The molecule has 2 heterocycles. The van der Waals surface area contributed by atoms with E-state index in [1.807, 2.05) is 23.1 Å². The van der Waals surface area contributed by atoms with Gasteiger partial charge in [-0.3, -0.25) is 4.79 Å². The van der Waals surface area contributed by atoms with Crippen molar-refractivity contribution < 1.29 is 14.3 Å². The van der Waals surface area contributed by atoms with Crippen LogP contribution in [0.25, 0.3) is 0 Å². The van der Waals surface area contributed by atoms with Gasteiger partial charge in [0.25, 0.3) is 0 Å². The molecule has 4 heteroatoms. The van der Waals surface area contributed by atoms with Crippen molar-refractivity contribution in [1.82, 2.24) is 0 Å². The Morgan fingerprint density at radius 1 is 1.00 bits per heavy atom. The summed E-state index contributed by atoms with van der Waals surface area (Å²) >= 11 is 0. The van der Waals surface area contributed by atoms with Gasteiger partial charge in [-0.1, -0.05) is 30.3 Å². The monoisotopic (exact) mass is 291 g/mol. The lowest BCUT2D eigenvalue weighted by atomic mass is 10.0. The zero-order valence-corrected chi connectivity index (χ0v) is 11.8. The number of carbonyl (C=O) groups is 2. The number of ether oxygens (including phenoxy) is 1. The summed E-state index contributed by atoms with van der Waals surface area (Å²) in [5.74, 6) is -0.541. The van der Waals surface area contributed by atoms with Crippen molar-refractivity contribution in [2.75, 3.05) is 11.4 Å². The standard InChI is InChI=1S/C18H13NO3/c20-17-13-6-2-4-8-16(13)22-18(21)14(17)11-19-10-9-12-5-1-3-7-15(12)19/h1-8,11H,9-10H2. The van der Waals surface area contributed by atoms with E-state index in [0.29, 0.717) is 11.3 Å². The Morgan fingerprint density at radius 2 is 1.77 bits per heavy atom. The number of ketones is 1. The lowest BCUT2D eigenvalue weighted by molar-refractivity contribution is -0.130. The second-order valence-corrected chi connectivity index (χ2v) is 5.33. The first kappa shape index (κ1) is 12.8. The maximum absolute atomic E-state index is 12.5. The Hall–Kier alpha value is -2.88. The summed E-state index contributed by atoms with van der Waals surface area (Å²) in [6, 6.07) is 14.8. The number of benzene rings is 2. The van der Waals surface area contributed by atoms with E-state index in [0.717, 1.165) is 18.7 Å². The lowest BCUT2D eigenvalue weighted by Gasteiger charge is -2.20. The van der Waals surface area contributed by atoms with Crippen LogP contribution in [-0.4, -0.2) is 18.3 Å². The number of anilines is 1. The number of esters is 1. The van der Waals surface area contributed by atoms with E-state index in [1.165, 1.54) is 5.56 Å². The van der Waals surface area contributed by atoms with Crippen molar-refractivity contribution in [3.8, 4) is 5.75 Å². The number of hydrogen-bond donors (Lipinski definition) is 0. The summed E-state index contributed by atoms with van der Waals surface area (Å²) in [5.41, 5.74) is 2.77. The molecule has 22 heavy (non-hydrogen) atoms. The van der Waals surface area contributed by atoms with Crippen LogP contribution in [0.5, 0.6) is 5.75 Å². The van der Waals surface area contributed by atoms with E-state index in [1.54, 1.807) is 30.5 Å². The predicted molar refractivity (Wildman–Crippen MR) is 82.0 cm³/mol. The van der Waals surface area contributed by atoms with Gasteiger partial charge in [0.2, 0.25) is 5.78 Å². The highest BCUT2D eigenvalue weighted by Gasteiger charge is 2.32. The third-order valence-corrected chi connectivity index (χ3v) is 4.01. The van der Waals surface area contributed by atoms with Gasteiger partial charge < -0.3 is 9.64 Å². The summed E-state index contributed by atoms with van der Waals surface area (Å²) in [7, 11) is 0. The largest absolute Gasteiger partial charge is 0.422 e. The molecular formula is C18H13NO3.